The largest absolute Gasteiger partial charge is 0.488 e. The van der Waals surface area contributed by atoms with Crippen LogP contribution >= 0.6 is 0 Å². The number of carboxylic acids is 1. The fraction of sp³-hybridized carbons (Fsp3) is 0.353. The van der Waals surface area contributed by atoms with Gasteiger partial charge in [0, 0.05) is 12.8 Å². The van der Waals surface area contributed by atoms with Gasteiger partial charge in [0.25, 0.3) is 0 Å². The van der Waals surface area contributed by atoms with E-state index in [4.69, 9.17) is 9.84 Å². The van der Waals surface area contributed by atoms with Crippen molar-refractivity contribution in [3.8, 4) is 0 Å². The van der Waals surface area contributed by atoms with Crippen LogP contribution in [0.3, 0.4) is 0 Å². The van der Waals surface area contributed by atoms with E-state index in [1.165, 1.54) is 0 Å². The summed E-state index contributed by atoms with van der Waals surface area (Å²) in [6, 6.07) is 9.39. The van der Waals surface area contributed by atoms with Crippen molar-refractivity contribution in [2.75, 3.05) is 0 Å². The summed E-state index contributed by atoms with van der Waals surface area (Å²) in [6.45, 7) is 3.69. The lowest BCUT2D eigenvalue weighted by Crippen LogP contribution is -2.56. The van der Waals surface area contributed by atoms with E-state index in [1.807, 2.05) is 30.3 Å². The van der Waals surface area contributed by atoms with Gasteiger partial charge in [-0.25, -0.2) is 4.79 Å². The van der Waals surface area contributed by atoms with Gasteiger partial charge in [0.15, 0.2) is 5.60 Å². The monoisotopic (exact) mass is 320 g/mol. The van der Waals surface area contributed by atoms with Crippen LogP contribution in [-0.4, -0.2) is 50.3 Å². The number of ether oxygens (including phenoxy) is 1. The molecule has 1 fully saturated rings. The highest BCUT2D eigenvalue weighted by Crippen LogP contribution is 2.32. The van der Waals surface area contributed by atoms with Gasteiger partial charge in [-0.05, 0) is 11.6 Å². The number of allylic oxidation sites excluding steroid dienone is 1. The van der Waals surface area contributed by atoms with Crippen molar-refractivity contribution >= 4 is 12.0 Å². The minimum Gasteiger partial charge on any atom is -0.488 e. The molecule has 0 saturated heterocycles. The summed E-state index contributed by atoms with van der Waals surface area (Å²) >= 11 is 0. The van der Waals surface area contributed by atoms with Gasteiger partial charge in [0.2, 0.25) is 0 Å². The molecule has 1 aliphatic rings. The van der Waals surface area contributed by atoms with Gasteiger partial charge in [0.05, 0.1) is 6.10 Å². The van der Waals surface area contributed by atoms with E-state index in [2.05, 4.69) is 6.58 Å². The molecule has 2 rings (SSSR count). The predicted octanol–water partition coefficient (Wildman–Crippen LogP) is 0.930. The van der Waals surface area contributed by atoms with Crippen LogP contribution in [0.1, 0.15) is 18.4 Å². The number of aliphatic hydroxyl groups excluding tert-OH is 2. The van der Waals surface area contributed by atoms with E-state index in [1.54, 1.807) is 12.2 Å². The van der Waals surface area contributed by atoms with Crippen LogP contribution in [0.25, 0.3) is 6.08 Å². The maximum Gasteiger partial charge on any atom is 0.335 e. The third-order valence-electron chi connectivity index (χ3n) is 3.82. The van der Waals surface area contributed by atoms with Crippen molar-refractivity contribution in [1.82, 2.24) is 0 Å². The Morgan fingerprint density at radius 3 is 2.52 bits per heavy atom. The maximum absolute atomic E-state index is 11.1. The van der Waals surface area contributed by atoms with Gasteiger partial charge in [-0.2, -0.15) is 0 Å². The highest BCUT2D eigenvalue weighted by atomic mass is 16.5. The molecule has 23 heavy (non-hydrogen) atoms. The molecule has 0 bridgehead atoms. The molecule has 4 unspecified atom stereocenters. The number of hydrogen-bond acceptors (Lipinski definition) is 5. The summed E-state index contributed by atoms with van der Waals surface area (Å²) in [5.74, 6) is -1.26. The summed E-state index contributed by atoms with van der Waals surface area (Å²) < 4.78 is 5.43. The maximum atomic E-state index is 11.1. The number of aliphatic hydroxyl groups is 3. The highest BCUT2D eigenvalue weighted by molar-refractivity contribution is 5.77. The first-order chi connectivity index (χ1) is 10.8. The lowest BCUT2D eigenvalue weighted by atomic mass is 9.79. The second kappa shape index (κ2) is 6.95. The summed E-state index contributed by atoms with van der Waals surface area (Å²) in [5.41, 5.74) is -1.21. The fourth-order valence-electron chi connectivity index (χ4n) is 2.52. The van der Waals surface area contributed by atoms with Gasteiger partial charge in [0.1, 0.15) is 18.0 Å². The van der Waals surface area contributed by atoms with Crippen LogP contribution in [0.2, 0.25) is 0 Å². The van der Waals surface area contributed by atoms with Crippen LogP contribution in [0.15, 0.2) is 48.7 Å². The molecule has 0 aromatic heterocycles. The molecule has 6 nitrogen and oxygen atoms in total. The van der Waals surface area contributed by atoms with E-state index in [0.29, 0.717) is 0 Å². The molecule has 1 saturated carbocycles. The standard InChI is InChI=1S/C17H20O6/c1-11(7-8-12-5-3-2-4-6-12)23-14-10-17(22,16(20)21)9-13(18)15(14)19/h2-8,13-15,18-19,22H,1,9-10H2,(H,20,21)/b8-7+. The zero-order chi connectivity index (χ0) is 17.0. The smallest absolute Gasteiger partial charge is 0.335 e. The van der Waals surface area contributed by atoms with Crippen molar-refractivity contribution in [1.29, 1.82) is 0 Å². The van der Waals surface area contributed by atoms with Crippen molar-refractivity contribution in [2.45, 2.75) is 36.8 Å². The number of benzene rings is 1. The Bertz CT molecular complexity index is 596. The van der Waals surface area contributed by atoms with Crippen LogP contribution in [-0.2, 0) is 9.53 Å². The number of aliphatic carboxylic acids is 1. The van der Waals surface area contributed by atoms with E-state index in [-0.39, 0.29) is 12.2 Å². The predicted molar refractivity (Wildman–Crippen MR) is 83.3 cm³/mol. The molecule has 1 aromatic rings. The molecular weight excluding hydrogens is 300 g/mol. The quantitative estimate of drug-likeness (QED) is 0.475. The molecule has 124 valence electrons. The van der Waals surface area contributed by atoms with E-state index in [9.17, 15) is 20.1 Å². The van der Waals surface area contributed by atoms with Crippen molar-refractivity contribution in [2.24, 2.45) is 0 Å². The Morgan fingerprint density at radius 1 is 1.26 bits per heavy atom. The number of carboxylic acid groups (broad SMARTS) is 1. The topological polar surface area (TPSA) is 107 Å². The van der Waals surface area contributed by atoms with Crippen molar-refractivity contribution < 1.29 is 30.0 Å². The first-order valence-electron chi connectivity index (χ1n) is 7.22. The third-order valence-corrected chi connectivity index (χ3v) is 3.82. The number of carbonyl (C=O) groups is 1. The lowest BCUT2D eigenvalue weighted by molar-refractivity contribution is -0.188. The Balaban J connectivity index is 2.03. The molecule has 0 aliphatic heterocycles. The van der Waals surface area contributed by atoms with Crippen LogP contribution < -0.4 is 0 Å². The van der Waals surface area contributed by atoms with E-state index in [0.717, 1.165) is 5.56 Å². The lowest BCUT2D eigenvalue weighted by Gasteiger charge is -2.39. The summed E-state index contributed by atoms with van der Waals surface area (Å²) in [5, 5.41) is 38.8. The molecular formula is C17H20O6. The van der Waals surface area contributed by atoms with Crippen LogP contribution in [0.4, 0.5) is 0 Å². The van der Waals surface area contributed by atoms with Gasteiger partial charge >= 0.3 is 5.97 Å². The average molecular weight is 320 g/mol. The molecule has 0 heterocycles. The zero-order valence-corrected chi connectivity index (χ0v) is 12.5. The summed E-state index contributed by atoms with van der Waals surface area (Å²) in [7, 11) is 0. The van der Waals surface area contributed by atoms with Gasteiger partial charge in [-0.15, -0.1) is 0 Å². The second-order valence-corrected chi connectivity index (χ2v) is 5.67. The van der Waals surface area contributed by atoms with Gasteiger partial charge in [-0.3, -0.25) is 0 Å². The van der Waals surface area contributed by atoms with Crippen molar-refractivity contribution in [3.63, 3.8) is 0 Å². The number of hydrogen-bond donors (Lipinski definition) is 4. The third kappa shape index (κ3) is 4.19. The molecule has 0 amide bonds. The van der Waals surface area contributed by atoms with E-state index < -0.39 is 36.3 Å². The average Bonchev–Trinajstić information content (AvgIpc) is 2.51. The first-order valence-corrected chi connectivity index (χ1v) is 7.22. The summed E-state index contributed by atoms with van der Waals surface area (Å²) in [6.07, 6.45) is -1.21. The molecule has 4 atom stereocenters. The first kappa shape index (κ1) is 17.2. The molecule has 0 radical (unpaired) electrons. The number of rotatable bonds is 5. The highest BCUT2D eigenvalue weighted by Gasteiger charge is 2.50. The normalized spacial score (nSPS) is 31.0. The van der Waals surface area contributed by atoms with Crippen LogP contribution in [0.5, 0.6) is 0 Å². The Hall–Kier alpha value is -2.15. The molecule has 1 aliphatic carbocycles. The SMILES string of the molecule is C=C(/C=C/c1ccccc1)OC1CC(O)(C(=O)O)CC(O)C1O. The van der Waals surface area contributed by atoms with Crippen LogP contribution in [0, 0.1) is 0 Å². The molecule has 6 heteroatoms. The Morgan fingerprint density at radius 2 is 1.91 bits per heavy atom. The van der Waals surface area contributed by atoms with Crippen molar-refractivity contribution in [3.05, 3.63) is 54.3 Å². The second-order valence-electron chi connectivity index (χ2n) is 5.67. The van der Waals surface area contributed by atoms with E-state index >= 15 is 0 Å². The minimum absolute atomic E-state index is 0.194. The molecule has 4 N–H and O–H groups in total. The molecule has 1 aromatic carbocycles. The Labute approximate surface area is 134 Å². The molecule has 0 spiro atoms. The van der Waals surface area contributed by atoms with Gasteiger partial charge < -0.3 is 25.2 Å². The summed E-state index contributed by atoms with van der Waals surface area (Å²) in [4.78, 5) is 11.1. The zero-order valence-electron chi connectivity index (χ0n) is 12.5. The minimum atomic E-state index is -2.13. The Kier molecular flexibility index (Phi) is 5.20. The van der Waals surface area contributed by atoms with Gasteiger partial charge in [-0.1, -0.05) is 43.0 Å². The fourth-order valence-corrected chi connectivity index (χ4v) is 2.52.